The molecule has 3 N–H and O–H groups in total. The summed E-state index contributed by atoms with van der Waals surface area (Å²) in [6.45, 7) is 1.02. The van der Waals surface area contributed by atoms with Gasteiger partial charge >= 0.3 is 0 Å². The lowest BCUT2D eigenvalue weighted by atomic mass is 10.2. The highest BCUT2D eigenvalue weighted by atomic mass is 79.9. The van der Waals surface area contributed by atoms with Gasteiger partial charge in [0.25, 0.3) is 0 Å². The predicted octanol–water partition coefficient (Wildman–Crippen LogP) is 2.85. The fraction of sp³-hybridized carbons (Fsp3) is 0.154. The van der Waals surface area contributed by atoms with Crippen molar-refractivity contribution in [1.82, 2.24) is 4.98 Å². The Labute approximate surface area is 114 Å². The van der Waals surface area contributed by atoms with E-state index in [4.69, 9.17) is 10.6 Å². The number of nitrogens with zero attached hydrogens (tertiary/aromatic N) is 1. The average molecular weight is 308 g/mol. The molecule has 1 aromatic heterocycles. The van der Waals surface area contributed by atoms with E-state index in [1.165, 1.54) is 0 Å². The number of hydrazine groups is 1. The number of ether oxygens (including phenoxy) is 1. The zero-order valence-electron chi connectivity index (χ0n) is 9.77. The molecule has 94 valence electrons. The van der Waals surface area contributed by atoms with E-state index < -0.39 is 0 Å². The topological polar surface area (TPSA) is 60.2 Å². The lowest BCUT2D eigenvalue weighted by molar-refractivity contribution is 0.104. The zero-order valence-corrected chi connectivity index (χ0v) is 11.4. The van der Waals surface area contributed by atoms with Crippen LogP contribution in [-0.2, 0) is 18.0 Å². The van der Waals surface area contributed by atoms with E-state index in [-0.39, 0.29) is 0 Å². The third-order valence-corrected chi connectivity index (χ3v) is 2.86. The Hall–Kier alpha value is -1.43. The smallest absolute Gasteiger partial charge is 0.140 e. The van der Waals surface area contributed by atoms with Crippen LogP contribution in [0.4, 0.5) is 5.82 Å². The molecule has 0 aliphatic carbocycles. The van der Waals surface area contributed by atoms with Crippen molar-refractivity contribution in [2.75, 3.05) is 5.43 Å². The molecule has 1 heterocycles. The van der Waals surface area contributed by atoms with Crippen molar-refractivity contribution < 1.29 is 4.74 Å². The first-order valence-corrected chi connectivity index (χ1v) is 6.32. The van der Waals surface area contributed by atoms with Crippen molar-refractivity contribution in [3.8, 4) is 0 Å². The van der Waals surface area contributed by atoms with Gasteiger partial charge in [0.05, 0.1) is 18.9 Å². The van der Waals surface area contributed by atoms with Gasteiger partial charge in [-0.05, 0) is 29.8 Å². The van der Waals surface area contributed by atoms with Crippen molar-refractivity contribution >= 4 is 21.7 Å². The summed E-state index contributed by atoms with van der Waals surface area (Å²) >= 11 is 3.43. The molecule has 0 radical (unpaired) electrons. The van der Waals surface area contributed by atoms with Crippen LogP contribution in [0.2, 0.25) is 0 Å². The minimum absolute atomic E-state index is 0.460. The maximum atomic E-state index is 5.61. The van der Waals surface area contributed by atoms with Gasteiger partial charge in [-0.2, -0.15) is 0 Å². The average Bonchev–Trinajstić information content (AvgIpc) is 2.39. The monoisotopic (exact) mass is 307 g/mol. The summed E-state index contributed by atoms with van der Waals surface area (Å²) in [5, 5.41) is 0. The molecule has 0 aliphatic heterocycles. The lowest BCUT2D eigenvalue weighted by Crippen LogP contribution is -2.09. The number of nitrogen functional groups attached to an aromatic ring is 1. The third-order valence-electron chi connectivity index (χ3n) is 2.36. The molecule has 0 amide bonds. The van der Waals surface area contributed by atoms with Crippen molar-refractivity contribution in [3.05, 3.63) is 58.2 Å². The van der Waals surface area contributed by atoms with Crippen molar-refractivity contribution in [2.24, 2.45) is 5.84 Å². The molecule has 0 saturated carbocycles. The van der Waals surface area contributed by atoms with E-state index in [2.05, 4.69) is 26.3 Å². The summed E-state index contributed by atoms with van der Waals surface area (Å²) in [7, 11) is 0. The van der Waals surface area contributed by atoms with E-state index in [1.807, 2.05) is 36.4 Å². The lowest BCUT2D eigenvalue weighted by Gasteiger charge is -2.06. The summed E-state index contributed by atoms with van der Waals surface area (Å²) in [6.07, 6.45) is 0. The molecule has 0 unspecified atom stereocenters. The Morgan fingerprint density at radius 1 is 1.17 bits per heavy atom. The van der Waals surface area contributed by atoms with E-state index in [1.54, 1.807) is 6.07 Å². The maximum Gasteiger partial charge on any atom is 0.140 e. The molecular weight excluding hydrogens is 294 g/mol. The van der Waals surface area contributed by atoms with Crippen LogP contribution in [0.3, 0.4) is 0 Å². The van der Waals surface area contributed by atoms with Crippen LogP contribution in [0.15, 0.2) is 46.9 Å². The quantitative estimate of drug-likeness (QED) is 0.659. The summed E-state index contributed by atoms with van der Waals surface area (Å²) in [5.41, 5.74) is 4.48. The Morgan fingerprint density at radius 2 is 2.00 bits per heavy atom. The van der Waals surface area contributed by atoms with E-state index in [0.717, 1.165) is 15.7 Å². The zero-order chi connectivity index (χ0) is 12.8. The van der Waals surface area contributed by atoms with Crippen LogP contribution in [0.5, 0.6) is 0 Å². The molecule has 4 nitrogen and oxygen atoms in total. The highest BCUT2D eigenvalue weighted by Gasteiger charge is 1.98. The second-order valence-corrected chi connectivity index (χ2v) is 4.70. The van der Waals surface area contributed by atoms with E-state index in [0.29, 0.717) is 19.0 Å². The first kappa shape index (κ1) is 13.0. The number of pyridine rings is 1. The molecule has 0 aliphatic rings. The van der Waals surface area contributed by atoms with Gasteiger partial charge in [-0.15, -0.1) is 0 Å². The van der Waals surface area contributed by atoms with Crippen LogP contribution < -0.4 is 11.3 Å². The number of nitrogens with two attached hydrogens (primary N) is 1. The summed E-state index contributed by atoms with van der Waals surface area (Å²) in [4.78, 5) is 4.27. The van der Waals surface area contributed by atoms with Crippen molar-refractivity contribution in [2.45, 2.75) is 13.2 Å². The molecule has 5 heteroatoms. The fourth-order valence-electron chi connectivity index (χ4n) is 1.54. The molecule has 0 bridgehead atoms. The number of halogens is 1. The molecule has 2 aromatic rings. The van der Waals surface area contributed by atoms with Gasteiger partial charge < -0.3 is 10.2 Å². The highest BCUT2D eigenvalue weighted by molar-refractivity contribution is 9.10. The number of nitrogens with one attached hydrogen (secondary N) is 1. The first-order chi connectivity index (χ1) is 8.78. The van der Waals surface area contributed by atoms with Crippen LogP contribution >= 0.6 is 15.9 Å². The number of rotatable bonds is 5. The SMILES string of the molecule is NNc1cccc(COCc2cccc(Br)c2)n1. The van der Waals surface area contributed by atoms with Gasteiger partial charge in [0.1, 0.15) is 5.82 Å². The fourth-order valence-corrected chi connectivity index (χ4v) is 1.99. The third kappa shape index (κ3) is 3.80. The van der Waals surface area contributed by atoms with Crippen LogP contribution in [0.25, 0.3) is 0 Å². The standard InChI is InChI=1S/C13H14BrN3O/c14-11-4-1-3-10(7-11)8-18-9-12-5-2-6-13(16-12)17-15/h1-7H,8-9,15H2,(H,16,17). The van der Waals surface area contributed by atoms with Gasteiger partial charge in [0.2, 0.25) is 0 Å². The number of anilines is 1. The molecule has 0 spiro atoms. The van der Waals surface area contributed by atoms with Crippen molar-refractivity contribution in [1.29, 1.82) is 0 Å². The normalized spacial score (nSPS) is 10.3. The number of hydrogen-bond donors (Lipinski definition) is 2. The van der Waals surface area contributed by atoms with Gasteiger partial charge in [0, 0.05) is 4.47 Å². The van der Waals surface area contributed by atoms with Crippen molar-refractivity contribution in [3.63, 3.8) is 0 Å². The molecule has 0 fully saturated rings. The van der Waals surface area contributed by atoms with Crippen LogP contribution in [-0.4, -0.2) is 4.98 Å². The number of hydrogen-bond acceptors (Lipinski definition) is 4. The van der Waals surface area contributed by atoms with Crippen LogP contribution in [0, 0.1) is 0 Å². The Morgan fingerprint density at radius 3 is 2.78 bits per heavy atom. The van der Waals surface area contributed by atoms with E-state index >= 15 is 0 Å². The predicted molar refractivity (Wildman–Crippen MR) is 74.7 cm³/mol. The maximum absolute atomic E-state index is 5.61. The van der Waals surface area contributed by atoms with E-state index in [9.17, 15) is 0 Å². The summed E-state index contributed by atoms with van der Waals surface area (Å²) in [5.74, 6) is 5.93. The molecule has 18 heavy (non-hydrogen) atoms. The molecule has 2 rings (SSSR count). The Bertz CT molecular complexity index is 519. The second kappa shape index (κ2) is 6.49. The summed E-state index contributed by atoms with van der Waals surface area (Å²) in [6, 6.07) is 13.6. The molecule has 0 atom stereocenters. The van der Waals surface area contributed by atoms with Gasteiger partial charge in [-0.25, -0.2) is 10.8 Å². The molecule has 0 saturated heterocycles. The Kier molecular flexibility index (Phi) is 4.69. The van der Waals surface area contributed by atoms with Gasteiger partial charge in [-0.3, -0.25) is 0 Å². The number of aromatic nitrogens is 1. The second-order valence-electron chi connectivity index (χ2n) is 3.78. The van der Waals surface area contributed by atoms with Gasteiger partial charge in [0.15, 0.2) is 0 Å². The van der Waals surface area contributed by atoms with Crippen LogP contribution in [0.1, 0.15) is 11.3 Å². The molecule has 1 aromatic carbocycles. The Balaban J connectivity index is 1.88. The molecular formula is C13H14BrN3O. The first-order valence-electron chi connectivity index (χ1n) is 5.52. The highest BCUT2D eigenvalue weighted by Crippen LogP contribution is 2.13. The number of benzene rings is 1. The van der Waals surface area contributed by atoms with Gasteiger partial charge in [-0.1, -0.05) is 34.1 Å². The minimum Gasteiger partial charge on any atom is -0.370 e. The largest absolute Gasteiger partial charge is 0.370 e. The summed E-state index contributed by atoms with van der Waals surface area (Å²) < 4.78 is 6.66. The minimum atomic E-state index is 0.460.